The molecule has 0 aromatic carbocycles. The van der Waals surface area contributed by atoms with Crippen molar-refractivity contribution in [3.05, 3.63) is 24.3 Å². The van der Waals surface area contributed by atoms with Crippen LogP contribution in [0, 0.1) is 0 Å². The normalized spacial score (nSPS) is 15.5. The van der Waals surface area contributed by atoms with Crippen molar-refractivity contribution in [2.45, 2.75) is 154 Å². The molecular weight excluding hydrogens is 545 g/mol. The molecule has 0 aromatic heterocycles. The molecule has 6 nitrogen and oxygen atoms in total. The van der Waals surface area contributed by atoms with E-state index >= 15 is 0 Å². The second kappa shape index (κ2) is 28.0. The van der Waals surface area contributed by atoms with Crippen molar-refractivity contribution in [2.75, 3.05) is 48.1 Å². The topological polar surface area (TPSA) is 65.0 Å². The van der Waals surface area contributed by atoms with Crippen LogP contribution in [-0.2, 0) is 18.6 Å². The number of unbranched alkanes of at least 4 members (excludes halogenated alkanes) is 16. The van der Waals surface area contributed by atoms with E-state index in [0.717, 1.165) is 19.3 Å². The van der Waals surface area contributed by atoms with Gasteiger partial charge in [0.05, 0.1) is 34.4 Å². The number of allylic oxidation sites excluding steroid dienone is 4. The first kappa shape index (κ1) is 41.5. The quantitative estimate of drug-likeness (QED) is 0.0363. The maximum Gasteiger partial charge on any atom is 0.385 e. The summed E-state index contributed by atoms with van der Waals surface area (Å²) in [4.78, 5) is 10.4. The zero-order valence-electron chi connectivity index (χ0n) is 28.7. The Bertz CT molecular complexity index is 691. The van der Waals surface area contributed by atoms with Gasteiger partial charge in [-0.2, -0.15) is 0 Å². The highest BCUT2D eigenvalue weighted by Crippen LogP contribution is 2.51. The first-order valence-corrected chi connectivity index (χ1v) is 19.0. The molecular formula is C35H71NO5P+. The molecule has 1 N–H and O–H groups in total. The Morgan fingerprint density at radius 2 is 1.10 bits per heavy atom. The third kappa shape index (κ3) is 24.9. The minimum atomic E-state index is -3.75. The van der Waals surface area contributed by atoms with Crippen LogP contribution in [0.2, 0.25) is 0 Å². The zero-order valence-corrected chi connectivity index (χ0v) is 29.6. The molecule has 0 aliphatic rings. The van der Waals surface area contributed by atoms with Gasteiger partial charge in [0.1, 0.15) is 6.10 Å². The summed E-state index contributed by atoms with van der Waals surface area (Å²) in [5.41, 5.74) is 0. The zero-order chi connectivity index (χ0) is 31.4. The lowest BCUT2D eigenvalue weighted by Gasteiger charge is -2.35. The van der Waals surface area contributed by atoms with Gasteiger partial charge in [0.25, 0.3) is 0 Å². The summed E-state index contributed by atoms with van der Waals surface area (Å²) in [5, 5.41) is 0. The number of hydrogen-bond acceptors (Lipinski definition) is 4. The van der Waals surface area contributed by atoms with E-state index in [4.69, 9.17) is 14.0 Å². The summed E-state index contributed by atoms with van der Waals surface area (Å²) in [6, 6.07) is 0. The Kier molecular flexibility index (Phi) is 27.7. The van der Waals surface area contributed by atoms with Crippen molar-refractivity contribution in [1.29, 1.82) is 0 Å². The average Bonchev–Trinajstić information content (AvgIpc) is 2.94. The van der Waals surface area contributed by atoms with Gasteiger partial charge in [-0.15, -0.1) is 0 Å². The van der Waals surface area contributed by atoms with E-state index in [1.54, 1.807) is 7.11 Å². The van der Waals surface area contributed by atoms with Crippen molar-refractivity contribution in [2.24, 2.45) is 0 Å². The highest BCUT2D eigenvalue weighted by Gasteiger charge is 2.41. The van der Waals surface area contributed by atoms with Gasteiger partial charge in [0, 0.05) is 20.1 Å². The van der Waals surface area contributed by atoms with E-state index in [0.29, 0.717) is 24.1 Å². The Balaban J connectivity index is 3.56. The molecule has 0 radical (unpaired) electrons. The van der Waals surface area contributed by atoms with Gasteiger partial charge in [0.15, 0.2) is 5.78 Å². The Labute approximate surface area is 261 Å². The van der Waals surface area contributed by atoms with E-state index in [9.17, 15) is 9.46 Å². The molecule has 0 aliphatic heterocycles. The summed E-state index contributed by atoms with van der Waals surface area (Å²) < 4.78 is 29.7. The molecule has 42 heavy (non-hydrogen) atoms. The number of rotatable bonds is 31. The van der Waals surface area contributed by atoms with Crippen molar-refractivity contribution in [3.8, 4) is 0 Å². The second-order valence-corrected chi connectivity index (χ2v) is 14.8. The van der Waals surface area contributed by atoms with E-state index in [-0.39, 0.29) is 12.7 Å². The van der Waals surface area contributed by atoms with Gasteiger partial charge in [-0.25, -0.2) is 0 Å². The highest BCUT2D eigenvalue weighted by atomic mass is 31.2. The number of hydrogen-bond donors (Lipinski definition) is 1. The van der Waals surface area contributed by atoms with Gasteiger partial charge < -0.3 is 23.4 Å². The fourth-order valence-electron chi connectivity index (χ4n) is 5.28. The van der Waals surface area contributed by atoms with Crippen LogP contribution in [-0.4, -0.2) is 69.3 Å². The van der Waals surface area contributed by atoms with Crippen LogP contribution < -0.4 is 0 Å². The SMILES string of the molecule is CCCCCC/C=C\CCCCCCCCCC/C=C\CCCCCOC[C@H](COP(=O)(O)C(CC)[N+](C)(C)C)OC. The summed E-state index contributed by atoms with van der Waals surface area (Å²) in [6.45, 7) is 5.28. The van der Waals surface area contributed by atoms with E-state index in [1.807, 2.05) is 28.1 Å². The van der Waals surface area contributed by atoms with Crippen molar-refractivity contribution in [1.82, 2.24) is 0 Å². The molecule has 0 heterocycles. The molecule has 0 rings (SSSR count). The maximum atomic E-state index is 12.7. The lowest BCUT2D eigenvalue weighted by atomic mass is 10.1. The van der Waals surface area contributed by atoms with Crippen molar-refractivity contribution in [3.63, 3.8) is 0 Å². The van der Waals surface area contributed by atoms with Crippen LogP contribution in [0.3, 0.4) is 0 Å². The van der Waals surface area contributed by atoms with Gasteiger partial charge >= 0.3 is 7.60 Å². The molecule has 0 spiro atoms. The molecule has 0 saturated heterocycles. The molecule has 0 bridgehead atoms. The minimum absolute atomic E-state index is 0.0585. The summed E-state index contributed by atoms with van der Waals surface area (Å²) in [5.74, 6) is -0.461. The number of ether oxygens (including phenoxy) is 2. The van der Waals surface area contributed by atoms with Gasteiger partial charge in [-0.05, 0) is 57.8 Å². The van der Waals surface area contributed by atoms with E-state index in [1.165, 1.54) is 103 Å². The Morgan fingerprint density at radius 3 is 1.50 bits per heavy atom. The largest absolute Gasteiger partial charge is 0.385 e. The predicted molar refractivity (Wildman–Crippen MR) is 181 cm³/mol. The standard InChI is InChI=1S/C35H70NO5P/c1-7-9-10-11-12-13-14-15-16-17-18-19-20-21-22-23-24-25-26-27-28-29-30-31-40-32-34(39-6)33-41-42(37,38)35(8-2)36(3,4)5/h13-14,25-26,34-35H,7-12,15-24,27-33H2,1-6H3/p+1/b14-13-,26-25-/t34-,35?/m1/s1. The lowest BCUT2D eigenvalue weighted by molar-refractivity contribution is -0.883. The van der Waals surface area contributed by atoms with Crippen molar-refractivity contribution < 1.29 is 27.9 Å². The third-order valence-electron chi connectivity index (χ3n) is 7.93. The molecule has 0 aliphatic carbocycles. The number of methoxy groups -OCH3 is 1. The molecule has 0 fully saturated rings. The maximum absolute atomic E-state index is 12.7. The highest BCUT2D eigenvalue weighted by molar-refractivity contribution is 7.53. The average molecular weight is 617 g/mol. The van der Waals surface area contributed by atoms with Crippen LogP contribution in [0.5, 0.6) is 0 Å². The van der Waals surface area contributed by atoms with Crippen LogP contribution in [0.15, 0.2) is 24.3 Å². The number of quaternary nitrogens is 1. The monoisotopic (exact) mass is 617 g/mol. The summed E-state index contributed by atoms with van der Waals surface area (Å²) >= 11 is 0. The van der Waals surface area contributed by atoms with Crippen LogP contribution in [0.25, 0.3) is 0 Å². The molecule has 3 atom stereocenters. The van der Waals surface area contributed by atoms with Gasteiger partial charge in [-0.3, -0.25) is 4.57 Å². The number of nitrogens with zero attached hydrogens (tertiary/aromatic N) is 1. The first-order valence-electron chi connectivity index (χ1n) is 17.4. The second-order valence-electron chi connectivity index (χ2n) is 12.8. The molecule has 0 aromatic rings. The molecule has 250 valence electrons. The van der Waals surface area contributed by atoms with E-state index in [2.05, 4.69) is 31.2 Å². The molecule has 2 unspecified atom stereocenters. The smallest absolute Gasteiger partial charge is 0.379 e. The van der Waals surface area contributed by atoms with Crippen LogP contribution in [0.1, 0.15) is 142 Å². The van der Waals surface area contributed by atoms with Gasteiger partial charge in [-0.1, -0.05) is 102 Å². The van der Waals surface area contributed by atoms with Crippen molar-refractivity contribution >= 4 is 7.60 Å². The molecule has 7 heteroatoms. The van der Waals surface area contributed by atoms with Gasteiger partial charge in [0.2, 0.25) is 0 Å². The first-order chi connectivity index (χ1) is 20.2. The fourth-order valence-corrected chi connectivity index (χ4v) is 7.17. The van der Waals surface area contributed by atoms with Crippen LogP contribution in [0.4, 0.5) is 0 Å². The Morgan fingerprint density at radius 1 is 0.667 bits per heavy atom. The fraction of sp³-hybridized carbons (Fsp3) is 0.886. The summed E-state index contributed by atoms with van der Waals surface area (Å²) in [6.07, 6.45) is 34.4. The van der Waals surface area contributed by atoms with Crippen LogP contribution >= 0.6 is 7.60 Å². The van der Waals surface area contributed by atoms with E-state index < -0.39 is 13.4 Å². The molecule has 0 amide bonds. The minimum Gasteiger partial charge on any atom is -0.379 e. The third-order valence-corrected chi connectivity index (χ3v) is 10.3. The molecule has 0 saturated carbocycles. The summed E-state index contributed by atoms with van der Waals surface area (Å²) in [7, 11) is 3.57. The lowest BCUT2D eigenvalue weighted by Crippen LogP contribution is -2.45. The Hall–Kier alpha value is -0.490. The predicted octanol–water partition coefficient (Wildman–Crippen LogP) is 10.2.